The summed E-state index contributed by atoms with van der Waals surface area (Å²) in [7, 11) is 0. The minimum Gasteiger partial charge on any atom is -0.329 e. The first-order valence-corrected chi connectivity index (χ1v) is 8.53. The van der Waals surface area contributed by atoms with Gasteiger partial charge in [0.1, 0.15) is 0 Å². The van der Waals surface area contributed by atoms with E-state index in [-0.39, 0.29) is 0 Å². The smallest absolute Gasteiger partial charge is 0.0479 e. The molecule has 0 aliphatic carbocycles. The number of hydrogen-bond donors (Lipinski definition) is 1. The Balaban J connectivity index is 1.61. The van der Waals surface area contributed by atoms with Gasteiger partial charge in [0.05, 0.1) is 0 Å². The van der Waals surface area contributed by atoms with E-state index in [9.17, 15) is 0 Å². The molecule has 3 rings (SSSR count). The summed E-state index contributed by atoms with van der Waals surface area (Å²) in [5, 5.41) is 4.42. The van der Waals surface area contributed by atoms with Crippen molar-refractivity contribution in [2.75, 3.05) is 32.7 Å². The van der Waals surface area contributed by atoms with E-state index in [1.165, 1.54) is 57.4 Å². The van der Waals surface area contributed by atoms with Crippen molar-refractivity contribution in [1.82, 2.24) is 9.80 Å². The monoisotopic (exact) mass is 279 g/mol. The molecule has 1 aromatic rings. The fourth-order valence-electron chi connectivity index (χ4n) is 3.59. The van der Waals surface area contributed by atoms with E-state index in [2.05, 4.69) is 26.6 Å². The number of nitrogens with two attached hydrogens (primary N) is 1. The molecule has 0 aromatic carbocycles. The Kier molecular flexibility index (Phi) is 4.53. The molecule has 2 aliphatic heterocycles. The van der Waals surface area contributed by atoms with Gasteiger partial charge in [-0.05, 0) is 54.7 Å². The molecule has 106 valence electrons. The van der Waals surface area contributed by atoms with Crippen LogP contribution in [0.2, 0.25) is 0 Å². The predicted molar refractivity (Wildman–Crippen MR) is 81.5 cm³/mol. The van der Waals surface area contributed by atoms with Crippen LogP contribution in [-0.4, -0.2) is 48.6 Å². The maximum Gasteiger partial charge on any atom is 0.0479 e. The fraction of sp³-hybridized carbons (Fsp3) is 0.733. The van der Waals surface area contributed by atoms with Crippen molar-refractivity contribution in [3.8, 4) is 0 Å². The van der Waals surface area contributed by atoms with Gasteiger partial charge >= 0.3 is 0 Å². The SMILES string of the molecule is NCC(c1ccsc1)N1CCC(N2CCCCC2)C1. The summed E-state index contributed by atoms with van der Waals surface area (Å²) in [6, 6.07) is 3.44. The van der Waals surface area contributed by atoms with Crippen LogP contribution < -0.4 is 5.73 Å². The van der Waals surface area contributed by atoms with Crippen molar-refractivity contribution in [2.24, 2.45) is 5.73 Å². The van der Waals surface area contributed by atoms with Crippen molar-refractivity contribution >= 4 is 11.3 Å². The summed E-state index contributed by atoms with van der Waals surface area (Å²) in [4.78, 5) is 5.31. The topological polar surface area (TPSA) is 32.5 Å². The normalized spacial score (nSPS) is 27.7. The van der Waals surface area contributed by atoms with Crippen LogP contribution in [-0.2, 0) is 0 Å². The first-order valence-electron chi connectivity index (χ1n) is 7.59. The summed E-state index contributed by atoms with van der Waals surface area (Å²) in [5.41, 5.74) is 7.43. The van der Waals surface area contributed by atoms with Crippen LogP contribution in [0.4, 0.5) is 0 Å². The van der Waals surface area contributed by atoms with Crippen molar-refractivity contribution in [3.05, 3.63) is 22.4 Å². The zero-order valence-electron chi connectivity index (χ0n) is 11.6. The molecular weight excluding hydrogens is 254 g/mol. The highest BCUT2D eigenvalue weighted by molar-refractivity contribution is 7.07. The number of likely N-dealkylation sites (tertiary alicyclic amines) is 2. The van der Waals surface area contributed by atoms with Crippen molar-refractivity contribution < 1.29 is 0 Å². The van der Waals surface area contributed by atoms with Crippen LogP contribution in [0, 0.1) is 0 Å². The van der Waals surface area contributed by atoms with Gasteiger partial charge in [0, 0.05) is 31.7 Å². The molecule has 1 aromatic heterocycles. The minimum atomic E-state index is 0.432. The Bertz CT molecular complexity index is 373. The molecule has 19 heavy (non-hydrogen) atoms. The van der Waals surface area contributed by atoms with E-state index in [0.29, 0.717) is 6.04 Å². The van der Waals surface area contributed by atoms with Crippen molar-refractivity contribution in [1.29, 1.82) is 0 Å². The first-order chi connectivity index (χ1) is 9.38. The lowest BCUT2D eigenvalue weighted by atomic mass is 10.1. The molecule has 3 heterocycles. The summed E-state index contributed by atoms with van der Waals surface area (Å²) in [5.74, 6) is 0. The lowest BCUT2D eigenvalue weighted by Gasteiger charge is -2.33. The zero-order valence-corrected chi connectivity index (χ0v) is 12.4. The lowest BCUT2D eigenvalue weighted by molar-refractivity contribution is 0.153. The molecule has 0 bridgehead atoms. The molecule has 2 N–H and O–H groups in total. The van der Waals surface area contributed by atoms with Gasteiger partial charge in [-0.3, -0.25) is 9.80 Å². The van der Waals surface area contributed by atoms with Crippen molar-refractivity contribution in [2.45, 2.75) is 37.8 Å². The van der Waals surface area contributed by atoms with E-state index >= 15 is 0 Å². The van der Waals surface area contributed by atoms with E-state index < -0.39 is 0 Å². The number of nitrogens with zero attached hydrogens (tertiary/aromatic N) is 2. The molecule has 2 aliphatic rings. The molecule has 0 radical (unpaired) electrons. The summed E-state index contributed by atoms with van der Waals surface area (Å²) < 4.78 is 0. The number of hydrogen-bond acceptors (Lipinski definition) is 4. The Morgan fingerprint density at radius 2 is 2.11 bits per heavy atom. The van der Waals surface area contributed by atoms with Crippen LogP contribution in [0.15, 0.2) is 16.8 Å². The molecule has 2 saturated heterocycles. The van der Waals surface area contributed by atoms with Gasteiger partial charge in [-0.2, -0.15) is 11.3 Å². The third-order valence-electron chi connectivity index (χ3n) is 4.69. The number of thiophene rings is 1. The standard InChI is InChI=1S/C15H25N3S/c16-10-15(13-5-9-19-12-13)18-8-4-14(11-18)17-6-2-1-3-7-17/h5,9,12,14-15H,1-4,6-8,10-11,16H2. The van der Waals surface area contributed by atoms with Crippen LogP contribution in [0.3, 0.4) is 0 Å². The molecule has 4 heteroatoms. The molecular formula is C15H25N3S. The average Bonchev–Trinajstić information content (AvgIpc) is 3.12. The molecule has 2 unspecified atom stereocenters. The van der Waals surface area contributed by atoms with Crippen molar-refractivity contribution in [3.63, 3.8) is 0 Å². The lowest BCUT2D eigenvalue weighted by Crippen LogP contribution is -2.41. The van der Waals surface area contributed by atoms with E-state index in [4.69, 9.17) is 5.73 Å². The van der Waals surface area contributed by atoms with Gasteiger partial charge in [-0.15, -0.1) is 0 Å². The summed E-state index contributed by atoms with van der Waals surface area (Å²) in [6.07, 6.45) is 5.52. The predicted octanol–water partition coefficient (Wildman–Crippen LogP) is 2.31. The van der Waals surface area contributed by atoms with Crippen LogP contribution in [0.5, 0.6) is 0 Å². The van der Waals surface area contributed by atoms with Gasteiger partial charge in [0.2, 0.25) is 0 Å². The second-order valence-corrected chi connectivity index (χ2v) is 6.62. The van der Waals surface area contributed by atoms with Gasteiger partial charge in [-0.1, -0.05) is 6.42 Å². The third-order valence-corrected chi connectivity index (χ3v) is 5.40. The van der Waals surface area contributed by atoms with Crippen LogP contribution in [0.25, 0.3) is 0 Å². The Labute approximate surface area is 120 Å². The maximum atomic E-state index is 6.02. The third kappa shape index (κ3) is 3.02. The van der Waals surface area contributed by atoms with E-state index in [0.717, 1.165) is 12.6 Å². The van der Waals surface area contributed by atoms with Crippen LogP contribution in [0.1, 0.15) is 37.3 Å². The molecule has 0 spiro atoms. The highest BCUT2D eigenvalue weighted by Gasteiger charge is 2.32. The number of rotatable bonds is 4. The van der Waals surface area contributed by atoms with Gasteiger partial charge in [0.15, 0.2) is 0 Å². The Morgan fingerprint density at radius 3 is 2.79 bits per heavy atom. The second-order valence-electron chi connectivity index (χ2n) is 5.84. The minimum absolute atomic E-state index is 0.432. The Morgan fingerprint density at radius 1 is 1.26 bits per heavy atom. The largest absolute Gasteiger partial charge is 0.329 e. The zero-order chi connectivity index (χ0) is 13.1. The Hall–Kier alpha value is -0.420. The van der Waals surface area contributed by atoms with E-state index in [1.54, 1.807) is 11.3 Å². The summed E-state index contributed by atoms with van der Waals surface area (Å²) in [6.45, 7) is 5.77. The second kappa shape index (κ2) is 6.35. The highest BCUT2D eigenvalue weighted by atomic mass is 32.1. The molecule has 0 amide bonds. The maximum absolute atomic E-state index is 6.02. The molecule has 3 nitrogen and oxygen atoms in total. The first kappa shape index (κ1) is 13.6. The van der Waals surface area contributed by atoms with Gasteiger partial charge in [-0.25, -0.2) is 0 Å². The average molecular weight is 279 g/mol. The summed E-state index contributed by atoms with van der Waals surface area (Å²) >= 11 is 1.78. The fourth-order valence-corrected chi connectivity index (χ4v) is 4.30. The molecule has 2 fully saturated rings. The van der Waals surface area contributed by atoms with E-state index in [1.807, 2.05) is 0 Å². The van der Waals surface area contributed by atoms with Crippen LogP contribution >= 0.6 is 11.3 Å². The number of piperidine rings is 1. The van der Waals surface area contributed by atoms with Gasteiger partial charge < -0.3 is 5.73 Å². The quantitative estimate of drug-likeness (QED) is 0.918. The highest BCUT2D eigenvalue weighted by Crippen LogP contribution is 2.28. The molecule has 2 atom stereocenters. The molecule has 0 saturated carbocycles. The van der Waals surface area contributed by atoms with Gasteiger partial charge in [0.25, 0.3) is 0 Å².